The van der Waals surface area contributed by atoms with E-state index in [1.807, 2.05) is 74.6 Å². The first-order valence-electron chi connectivity index (χ1n) is 8.25. The van der Waals surface area contributed by atoms with Crippen LogP contribution >= 0.6 is 0 Å². The first kappa shape index (κ1) is 14.9. The first-order valence-corrected chi connectivity index (χ1v) is 8.25. The number of likely N-dealkylation sites (N-methyl/N-ethyl adjacent to an activating group) is 1. The SMILES string of the molecule is C[C@H]1C[C@@]2(C=C(c3ccccc3)C1=O)C(=O)N(C)c1ccccc12. The van der Waals surface area contributed by atoms with Crippen molar-refractivity contribution in [1.82, 2.24) is 0 Å². The van der Waals surface area contributed by atoms with Crippen molar-refractivity contribution in [2.75, 3.05) is 11.9 Å². The maximum Gasteiger partial charge on any atom is 0.241 e. The number of amides is 1. The molecule has 1 spiro atoms. The molecule has 1 aliphatic carbocycles. The number of para-hydroxylation sites is 1. The third-order valence-corrected chi connectivity index (χ3v) is 5.25. The number of benzene rings is 2. The van der Waals surface area contributed by atoms with E-state index in [1.54, 1.807) is 4.90 Å². The van der Waals surface area contributed by atoms with Gasteiger partial charge in [-0.1, -0.05) is 61.5 Å². The quantitative estimate of drug-likeness (QED) is 0.806. The Hall–Kier alpha value is -2.68. The lowest BCUT2D eigenvalue weighted by atomic mass is 9.67. The van der Waals surface area contributed by atoms with Crippen LogP contribution in [0, 0.1) is 5.92 Å². The summed E-state index contributed by atoms with van der Waals surface area (Å²) in [4.78, 5) is 27.6. The molecule has 2 aromatic carbocycles. The Labute approximate surface area is 141 Å². The summed E-state index contributed by atoms with van der Waals surface area (Å²) in [6, 6.07) is 17.5. The van der Waals surface area contributed by atoms with E-state index in [-0.39, 0.29) is 17.6 Å². The number of nitrogens with zero attached hydrogens (tertiary/aromatic N) is 1. The van der Waals surface area contributed by atoms with Crippen molar-refractivity contribution in [2.24, 2.45) is 5.92 Å². The van der Waals surface area contributed by atoms with Crippen LogP contribution in [0.15, 0.2) is 60.7 Å². The van der Waals surface area contributed by atoms with Crippen molar-refractivity contribution in [3.05, 3.63) is 71.8 Å². The van der Waals surface area contributed by atoms with Gasteiger partial charge < -0.3 is 4.90 Å². The van der Waals surface area contributed by atoms with Gasteiger partial charge in [0.1, 0.15) is 0 Å². The van der Waals surface area contributed by atoms with E-state index in [2.05, 4.69) is 0 Å². The Morgan fingerprint density at radius 3 is 2.42 bits per heavy atom. The molecule has 3 nitrogen and oxygen atoms in total. The number of hydrogen-bond acceptors (Lipinski definition) is 2. The normalized spacial score (nSPS) is 25.8. The minimum Gasteiger partial charge on any atom is -0.314 e. The molecule has 120 valence electrons. The van der Waals surface area contributed by atoms with E-state index >= 15 is 0 Å². The topological polar surface area (TPSA) is 37.4 Å². The first-order chi connectivity index (χ1) is 11.5. The second-order valence-corrected chi connectivity index (χ2v) is 6.75. The number of fused-ring (bicyclic) bond motifs is 2. The molecule has 1 aliphatic heterocycles. The summed E-state index contributed by atoms with van der Waals surface area (Å²) in [6.07, 6.45) is 2.44. The summed E-state index contributed by atoms with van der Waals surface area (Å²) in [7, 11) is 1.81. The van der Waals surface area contributed by atoms with Crippen LogP contribution in [-0.2, 0) is 15.0 Å². The van der Waals surface area contributed by atoms with Crippen LogP contribution in [0.25, 0.3) is 5.57 Å². The molecular formula is C21H19NO2. The van der Waals surface area contributed by atoms with Crippen LogP contribution < -0.4 is 4.90 Å². The van der Waals surface area contributed by atoms with Crippen LogP contribution in [0.1, 0.15) is 24.5 Å². The zero-order chi connectivity index (χ0) is 16.9. The Morgan fingerprint density at radius 1 is 1.00 bits per heavy atom. The smallest absolute Gasteiger partial charge is 0.241 e. The molecule has 0 N–H and O–H groups in total. The van der Waals surface area contributed by atoms with E-state index < -0.39 is 5.41 Å². The summed E-state index contributed by atoms with van der Waals surface area (Å²) < 4.78 is 0. The minimum absolute atomic E-state index is 0.0523. The van der Waals surface area contributed by atoms with Gasteiger partial charge in [0.25, 0.3) is 0 Å². The average molecular weight is 317 g/mol. The Morgan fingerprint density at radius 2 is 1.67 bits per heavy atom. The van der Waals surface area contributed by atoms with Crippen molar-refractivity contribution in [2.45, 2.75) is 18.8 Å². The molecule has 0 fully saturated rings. The third-order valence-electron chi connectivity index (χ3n) is 5.25. The number of carbonyl (C=O) groups is 2. The number of Topliss-reactive ketones (excluding diaryl/α,β-unsaturated/α-hetero) is 1. The summed E-state index contributed by atoms with van der Waals surface area (Å²) in [5, 5.41) is 0. The average Bonchev–Trinajstić information content (AvgIpc) is 2.82. The van der Waals surface area contributed by atoms with E-state index in [4.69, 9.17) is 0 Å². The Bertz CT molecular complexity index is 868. The minimum atomic E-state index is -0.732. The molecule has 24 heavy (non-hydrogen) atoms. The molecule has 0 bridgehead atoms. The van der Waals surface area contributed by atoms with Crippen molar-refractivity contribution < 1.29 is 9.59 Å². The van der Waals surface area contributed by atoms with Crippen molar-refractivity contribution in [1.29, 1.82) is 0 Å². The molecule has 0 saturated carbocycles. The van der Waals surface area contributed by atoms with Gasteiger partial charge in [-0.25, -0.2) is 0 Å². The molecule has 0 unspecified atom stereocenters. The maximum absolute atomic E-state index is 13.1. The second-order valence-electron chi connectivity index (χ2n) is 6.75. The standard InChI is InChI=1S/C21H19NO2/c1-14-12-21(13-16(19(14)23)15-8-4-3-5-9-15)17-10-6-7-11-18(17)22(2)20(21)24/h3-11,13-14H,12H2,1-2H3/t14-,21-/m0/s1. The number of allylic oxidation sites excluding steroid dienone is 1. The fourth-order valence-electron chi connectivity index (χ4n) is 4.06. The van der Waals surface area contributed by atoms with Gasteiger partial charge in [0.15, 0.2) is 5.78 Å². The predicted molar refractivity (Wildman–Crippen MR) is 94.7 cm³/mol. The summed E-state index contributed by atoms with van der Waals surface area (Å²) in [6.45, 7) is 1.92. The molecular weight excluding hydrogens is 298 g/mol. The number of anilines is 1. The lowest BCUT2D eigenvalue weighted by molar-refractivity contribution is -0.123. The zero-order valence-corrected chi connectivity index (χ0v) is 13.8. The van der Waals surface area contributed by atoms with Gasteiger partial charge in [0.05, 0.1) is 5.41 Å². The van der Waals surface area contributed by atoms with E-state index in [0.29, 0.717) is 12.0 Å². The van der Waals surface area contributed by atoms with Gasteiger partial charge in [0, 0.05) is 24.2 Å². The van der Waals surface area contributed by atoms with Crippen LogP contribution in [0.3, 0.4) is 0 Å². The van der Waals surface area contributed by atoms with Crippen molar-refractivity contribution >= 4 is 23.0 Å². The fourth-order valence-corrected chi connectivity index (χ4v) is 4.06. The number of hydrogen-bond donors (Lipinski definition) is 0. The highest BCUT2D eigenvalue weighted by molar-refractivity contribution is 6.25. The van der Waals surface area contributed by atoms with Crippen LogP contribution in [0.5, 0.6) is 0 Å². The van der Waals surface area contributed by atoms with Gasteiger partial charge >= 0.3 is 0 Å². The van der Waals surface area contributed by atoms with E-state index in [9.17, 15) is 9.59 Å². The van der Waals surface area contributed by atoms with Gasteiger partial charge in [0.2, 0.25) is 5.91 Å². The van der Waals surface area contributed by atoms with Crippen LogP contribution in [0.4, 0.5) is 5.69 Å². The molecule has 3 heteroatoms. The molecule has 0 saturated heterocycles. The molecule has 0 radical (unpaired) electrons. The Kier molecular flexibility index (Phi) is 3.20. The summed E-state index contributed by atoms with van der Waals surface area (Å²) in [5.41, 5.74) is 2.75. The molecule has 2 aromatic rings. The zero-order valence-electron chi connectivity index (χ0n) is 13.8. The highest BCUT2D eigenvalue weighted by atomic mass is 16.2. The highest BCUT2D eigenvalue weighted by Gasteiger charge is 2.52. The van der Waals surface area contributed by atoms with Gasteiger partial charge in [-0.05, 0) is 23.6 Å². The van der Waals surface area contributed by atoms with Crippen molar-refractivity contribution in [3.8, 4) is 0 Å². The maximum atomic E-state index is 13.1. The van der Waals surface area contributed by atoms with Crippen LogP contribution in [0.2, 0.25) is 0 Å². The predicted octanol–water partition coefficient (Wildman–Crippen LogP) is 3.59. The number of carbonyl (C=O) groups excluding carboxylic acids is 2. The lowest BCUT2D eigenvalue weighted by Gasteiger charge is -2.33. The third kappa shape index (κ3) is 1.91. The lowest BCUT2D eigenvalue weighted by Crippen LogP contribution is -2.42. The molecule has 1 heterocycles. The monoisotopic (exact) mass is 317 g/mol. The van der Waals surface area contributed by atoms with Gasteiger partial charge in [-0.3, -0.25) is 9.59 Å². The largest absolute Gasteiger partial charge is 0.314 e. The fraction of sp³-hybridized carbons (Fsp3) is 0.238. The Balaban J connectivity index is 1.97. The van der Waals surface area contributed by atoms with E-state index in [0.717, 1.165) is 16.8 Å². The molecule has 2 atom stereocenters. The molecule has 0 aromatic heterocycles. The van der Waals surface area contributed by atoms with Gasteiger partial charge in [-0.2, -0.15) is 0 Å². The molecule has 1 amide bonds. The second kappa shape index (κ2) is 5.17. The molecule has 2 aliphatic rings. The van der Waals surface area contributed by atoms with E-state index in [1.165, 1.54) is 0 Å². The van der Waals surface area contributed by atoms with Crippen molar-refractivity contribution in [3.63, 3.8) is 0 Å². The summed E-state index contributed by atoms with van der Waals surface area (Å²) >= 11 is 0. The number of ketones is 1. The van der Waals surface area contributed by atoms with Crippen LogP contribution in [-0.4, -0.2) is 18.7 Å². The van der Waals surface area contributed by atoms with Gasteiger partial charge in [-0.15, -0.1) is 0 Å². The molecule has 4 rings (SSSR count). The summed E-state index contributed by atoms with van der Waals surface area (Å²) in [5.74, 6) is -0.0168. The highest BCUT2D eigenvalue weighted by Crippen LogP contribution is 2.50. The number of rotatable bonds is 1.